The number of carbonyl (C=O) groups is 1. The maximum Gasteiger partial charge on any atom is 0.264 e. The summed E-state index contributed by atoms with van der Waals surface area (Å²) >= 11 is 0. The number of rotatable bonds is 10. The van der Waals surface area contributed by atoms with Gasteiger partial charge < -0.3 is 14.8 Å². The van der Waals surface area contributed by atoms with Crippen LogP contribution in [0.5, 0.6) is 11.5 Å². The number of amides is 1. The zero-order valence-electron chi connectivity index (χ0n) is 18.9. The van der Waals surface area contributed by atoms with Gasteiger partial charge in [0.25, 0.3) is 10.0 Å². The number of para-hydroxylation sites is 4. The summed E-state index contributed by atoms with van der Waals surface area (Å²) in [6, 6.07) is 20.6. The van der Waals surface area contributed by atoms with Crippen molar-refractivity contribution in [3.05, 3.63) is 78.4 Å². The number of sulfonamides is 1. The number of ether oxygens (including phenoxy) is 2. The van der Waals surface area contributed by atoms with Gasteiger partial charge in [-0.15, -0.1) is 0 Å². The Morgan fingerprint density at radius 3 is 2.24 bits per heavy atom. The molecule has 3 aromatic carbocycles. The number of carbonyl (C=O) groups excluding carboxylic acids is 1. The zero-order valence-corrected chi connectivity index (χ0v) is 19.8. The fraction of sp³-hybridized carbons (Fsp3) is 0.240. The number of nitrogens with zero attached hydrogens (tertiary/aromatic N) is 1. The molecular weight excluding hydrogens is 440 g/mol. The SMILES string of the molecule is CCOc1ccccc1NC(=O)CCN(c1ccccc1OC)S(=O)(=O)c1ccc(C)cc1. The molecule has 0 fully saturated rings. The molecule has 8 heteroatoms. The molecule has 1 amide bonds. The van der Waals surface area contributed by atoms with Gasteiger partial charge in [-0.25, -0.2) is 8.42 Å². The molecular formula is C25H28N2O5S. The lowest BCUT2D eigenvalue weighted by atomic mass is 10.2. The molecule has 0 aliphatic heterocycles. The summed E-state index contributed by atoms with van der Waals surface area (Å²) in [5.41, 5.74) is 1.85. The van der Waals surface area contributed by atoms with Crippen LogP contribution in [0.4, 0.5) is 11.4 Å². The van der Waals surface area contributed by atoms with Crippen LogP contribution in [-0.2, 0) is 14.8 Å². The second-order valence-corrected chi connectivity index (χ2v) is 9.15. The maximum absolute atomic E-state index is 13.5. The molecule has 3 rings (SSSR count). The summed E-state index contributed by atoms with van der Waals surface area (Å²) in [6.07, 6.45) is -0.0659. The standard InChI is InChI=1S/C25H28N2O5S/c1-4-32-23-11-7-5-9-21(23)26-25(28)17-18-27(22-10-6-8-12-24(22)31-3)33(29,30)20-15-13-19(2)14-16-20/h5-16H,4,17-18H2,1-3H3,(H,26,28). The normalized spacial score (nSPS) is 11.0. The van der Waals surface area contributed by atoms with Gasteiger partial charge in [-0.1, -0.05) is 42.0 Å². The number of hydrogen-bond donors (Lipinski definition) is 1. The predicted octanol–water partition coefficient (Wildman–Crippen LogP) is 4.63. The number of nitrogens with one attached hydrogen (secondary N) is 1. The molecule has 1 N–H and O–H groups in total. The summed E-state index contributed by atoms with van der Waals surface area (Å²) in [5, 5.41) is 2.81. The van der Waals surface area contributed by atoms with Gasteiger partial charge in [-0.2, -0.15) is 0 Å². The van der Waals surface area contributed by atoms with Crippen molar-refractivity contribution in [2.75, 3.05) is 29.9 Å². The third kappa shape index (κ3) is 5.84. The van der Waals surface area contributed by atoms with E-state index in [1.54, 1.807) is 66.7 Å². The first-order valence-electron chi connectivity index (χ1n) is 10.6. The van der Waals surface area contributed by atoms with Gasteiger partial charge in [0.2, 0.25) is 5.91 Å². The van der Waals surface area contributed by atoms with Gasteiger partial charge in [0, 0.05) is 13.0 Å². The molecule has 7 nitrogen and oxygen atoms in total. The van der Waals surface area contributed by atoms with Crippen molar-refractivity contribution in [1.29, 1.82) is 0 Å². The molecule has 0 atom stereocenters. The molecule has 0 radical (unpaired) electrons. The van der Waals surface area contributed by atoms with Crippen LogP contribution in [0.2, 0.25) is 0 Å². The van der Waals surface area contributed by atoms with Gasteiger partial charge in [0.1, 0.15) is 11.5 Å². The van der Waals surface area contributed by atoms with Crippen LogP contribution in [0.1, 0.15) is 18.9 Å². The van der Waals surface area contributed by atoms with Crippen molar-refractivity contribution >= 4 is 27.3 Å². The van der Waals surface area contributed by atoms with Crippen LogP contribution >= 0.6 is 0 Å². The fourth-order valence-electron chi connectivity index (χ4n) is 3.31. The Labute approximate surface area is 195 Å². The Morgan fingerprint density at radius 1 is 0.939 bits per heavy atom. The highest BCUT2D eigenvalue weighted by Crippen LogP contribution is 2.32. The van der Waals surface area contributed by atoms with E-state index in [-0.39, 0.29) is 23.8 Å². The van der Waals surface area contributed by atoms with E-state index in [0.717, 1.165) is 5.56 Å². The third-order valence-corrected chi connectivity index (χ3v) is 6.79. The van der Waals surface area contributed by atoms with Crippen molar-refractivity contribution in [3.63, 3.8) is 0 Å². The predicted molar refractivity (Wildman–Crippen MR) is 130 cm³/mol. The Kier molecular flexibility index (Phi) is 7.95. The number of aryl methyl sites for hydroxylation is 1. The third-order valence-electron chi connectivity index (χ3n) is 4.97. The molecule has 0 saturated heterocycles. The van der Waals surface area contributed by atoms with Gasteiger partial charge in [0.15, 0.2) is 0 Å². The first-order chi connectivity index (χ1) is 15.9. The summed E-state index contributed by atoms with van der Waals surface area (Å²) in [4.78, 5) is 12.9. The van der Waals surface area contributed by atoms with Gasteiger partial charge >= 0.3 is 0 Å². The molecule has 0 aromatic heterocycles. The number of anilines is 2. The number of hydrogen-bond acceptors (Lipinski definition) is 5. The van der Waals surface area contributed by atoms with E-state index in [0.29, 0.717) is 29.5 Å². The molecule has 0 bridgehead atoms. The molecule has 0 saturated carbocycles. The van der Waals surface area contributed by atoms with E-state index in [4.69, 9.17) is 9.47 Å². The highest BCUT2D eigenvalue weighted by Gasteiger charge is 2.27. The minimum Gasteiger partial charge on any atom is -0.495 e. The van der Waals surface area contributed by atoms with Crippen LogP contribution in [-0.4, -0.2) is 34.6 Å². The molecule has 33 heavy (non-hydrogen) atoms. The lowest BCUT2D eigenvalue weighted by Crippen LogP contribution is -2.34. The summed E-state index contributed by atoms with van der Waals surface area (Å²) < 4.78 is 39.2. The van der Waals surface area contributed by atoms with Gasteiger partial charge in [0.05, 0.1) is 30.0 Å². The molecule has 0 spiro atoms. The van der Waals surface area contributed by atoms with Crippen LogP contribution in [0.15, 0.2) is 77.7 Å². The van der Waals surface area contributed by atoms with E-state index >= 15 is 0 Å². The minimum atomic E-state index is -3.94. The van der Waals surface area contributed by atoms with E-state index in [1.165, 1.54) is 11.4 Å². The quantitative estimate of drug-likeness (QED) is 0.469. The number of benzene rings is 3. The first-order valence-corrected chi connectivity index (χ1v) is 12.0. The van der Waals surface area contributed by atoms with Crippen LogP contribution in [0.3, 0.4) is 0 Å². The van der Waals surface area contributed by atoms with Crippen LogP contribution < -0.4 is 19.1 Å². The van der Waals surface area contributed by atoms with Crippen LogP contribution in [0, 0.1) is 6.92 Å². The lowest BCUT2D eigenvalue weighted by Gasteiger charge is -2.26. The molecule has 0 aliphatic rings. The molecule has 0 unspecified atom stereocenters. The fourth-order valence-corrected chi connectivity index (χ4v) is 4.79. The second-order valence-electron chi connectivity index (χ2n) is 7.29. The molecule has 0 heterocycles. The highest BCUT2D eigenvalue weighted by molar-refractivity contribution is 7.92. The second kappa shape index (κ2) is 10.9. The van der Waals surface area contributed by atoms with E-state index in [9.17, 15) is 13.2 Å². The molecule has 0 aliphatic carbocycles. The van der Waals surface area contributed by atoms with Crippen molar-refractivity contribution in [2.45, 2.75) is 25.2 Å². The number of methoxy groups -OCH3 is 1. The molecule has 174 valence electrons. The zero-order chi connectivity index (χ0) is 23.8. The maximum atomic E-state index is 13.5. The van der Waals surface area contributed by atoms with Crippen molar-refractivity contribution in [2.24, 2.45) is 0 Å². The van der Waals surface area contributed by atoms with E-state index in [1.807, 2.05) is 19.9 Å². The summed E-state index contributed by atoms with van der Waals surface area (Å²) in [7, 11) is -2.46. The monoisotopic (exact) mass is 468 g/mol. The average molecular weight is 469 g/mol. The van der Waals surface area contributed by atoms with Gasteiger partial charge in [-0.05, 0) is 50.2 Å². The van der Waals surface area contributed by atoms with E-state index < -0.39 is 10.0 Å². The highest BCUT2D eigenvalue weighted by atomic mass is 32.2. The van der Waals surface area contributed by atoms with E-state index in [2.05, 4.69) is 5.32 Å². The summed E-state index contributed by atoms with van der Waals surface area (Å²) in [6.45, 7) is 4.14. The van der Waals surface area contributed by atoms with Gasteiger partial charge in [-0.3, -0.25) is 9.10 Å². The molecule has 3 aromatic rings. The van der Waals surface area contributed by atoms with Crippen molar-refractivity contribution in [3.8, 4) is 11.5 Å². The lowest BCUT2D eigenvalue weighted by molar-refractivity contribution is -0.116. The minimum absolute atomic E-state index is 0.0659. The van der Waals surface area contributed by atoms with Crippen LogP contribution in [0.25, 0.3) is 0 Å². The summed E-state index contributed by atoms with van der Waals surface area (Å²) in [5.74, 6) is 0.624. The Bertz CT molecular complexity index is 1190. The van der Waals surface area contributed by atoms with Crippen molar-refractivity contribution < 1.29 is 22.7 Å². The Hall–Kier alpha value is -3.52. The average Bonchev–Trinajstić information content (AvgIpc) is 2.81. The first kappa shape index (κ1) is 24.1. The van der Waals surface area contributed by atoms with Crippen molar-refractivity contribution in [1.82, 2.24) is 0 Å². The Balaban J connectivity index is 1.88. The largest absolute Gasteiger partial charge is 0.495 e. The Morgan fingerprint density at radius 2 is 1.58 bits per heavy atom. The topological polar surface area (TPSA) is 84.9 Å². The smallest absolute Gasteiger partial charge is 0.264 e.